The molecular weight excluding hydrogens is 470 g/mol. The number of carbonyl (C=O) groups excluding carboxylic acids is 3. The first-order valence-electron chi connectivity index (χ1n) is 10.9. The topological polar surface area (TPSA) is 234 Å². The molecule has 0 aliphatic carbocycles. The summed E-state index contributed by atoms with van der Waals surface area (Å²) in [6.07, 6.45) is 1.13. The van der Waals surface area contributed by atoms with E-state index in [1.165, 1.54) is 18.7 Å². The van der Waals surface area contributed by atoms with Crippen LogP contribution < -0.4 is 27.4 Å². The molecule has 0 aliphatic rings. The number of carbonyl (C=O) groups is 5. The SMILES string of the molecule is CSCCC(N)C(=O)NC(C(=O)NC(CCCCN)C(=O)NC(CCC(=O)O)C(=O)O)C(C)O. The molecule has 0 rings (SSSR count). The first-order valence-corrected chi connectivity index (χ1v) is 12.3. The van der Waals surface area contributed by atoms with Crippen molar-refractivity contribution in [2.45, 2.75) is 75.7 Å². The minimum absolute atomic E-state index is 0.105. The molecule has 0 fully saturated rings. The van der Waals surface area contributed by atoms with E-state index in [1.807, 2.05) is 6.26 Å². The monoisotopic (exact) mass is 507 g/mol. The van der Waals surface area contributed by atoms with Gasteiger partial charge in [-0.3, -0.25) is 19.2 Å². The first-order chi connectivity index (χ1) is 15.9. The molecule has 0 aliphatic heterocycles. The van der Waals surface area contributed by atoms with Crippen LogP contribution in [-0.2, 0) is 24.0 Å². The van der Waals surface area contributed by atoms with Gasteiger partial charge in [-0.25, -0.2) is 4.79 Å². The quantitative estimate of drug-likeness (QED) is 0.0943. The van der Waals surface area contributed by atoms with E-state index in [-0.39, 0.29) is 12.8 Å². The van der Waals surface area contributed by atoms with Crippen molar-refractivity contribution in [2.75, 3.05) is 18.6 Å². The fraction of sp³-hybridized carbons (Fsp3) is 0.750. The molecule has 0 aromatic heterocycles. The molecule has 34 heavy (non-hydrogen) atoms. The van der Waals surface area contributed by atoms with E-state index in [1.54, 1.807) is 0 Å². The summed E-state index contributed by atoms with van der Waals surface area (Å²) in [4.78, 5) is 60.0. The normalized spacial score (nSPS) is 15.3. The highest BCUT2D eigenvalue weighted by atomic mass is 32.2. The third-order valence-corrected chi connectivity index (χ3v) is 5.52. The van der Waals surface area contributed by atoms with Gasteiger partial charge in [0.15, 0.2) is 0 Å². The maximum Gasteiger partial charge on any atom is 0.326 e. The fourth-order valence-corrected chi connectivity index (χ4v) is 3.35. The first kappa shape index (κ1) is 31.6. The number of rotatable bonds is 18. The maximum atomic E-state index is 12.8. The maximum absolute atomic E-state index is 12.8. The van der Waals surface area contributed by atoms with Gasteiger partial charge in [0.05, 0.1) is 12.1 Å². The van der Waals surface area contributed by atoms with Gasteiger partial charge >= 0.3 is 11.9 Å². The van der Waals surface area contributed by atoms with E-state index < -0.39 is 66.4 Å². The molecule has 0 bridgehead atoms. The van der Waals surface area contributed by atoms with Gasteiger partial charge in [-0.15, -0.1) is 0 Å². The van der Waals surface area contributed by atoms with Crippen LogP contribution in [0.25, 0.3) is 0 Å². The van der Waals surface area contributed by atoms with Crippen LogP contribution in [-0.4, -0.2) is 93.8 Å². The lowest BCUT2D eigenvalue weighted by molar-refractivity contribution is -0.143. The van der Waals surface area contributed by atoms with Crippen LogP contribution in [0.3, 0.4) is 0 Å². The van der Waals surface area contributed by atoms with Crippen LogP contribution >= 0.6 is 11.8 Å². The highest BCUT2D eigenvalue weighted by molar-refractivity contribution is 7.98. The number of aliphatic carboxylic acids is 2. The lowest BCUT2D eigenvalue weighted by Gasteiger charge is -2.26. The van der Waals surface area contributed by atoms with E-state index in [0.717, 1.165) is 0 Å². The van der Waals surface area contributed by atoms with E-state index in [2.05, 4.69) is 16.0 Å². The van der Waals surface area contributed by atoms with Gasteiger partial charge < -0.3 is 42.7 Å². The molecule has 10 N–H and O–H groups in total. The number of carboxylic acid groups (broad SMARTS) is 2. The molecule has 0 radical (unpaired) electrons. The van der Waals surface area contributed by atoms with Crippen LogP contribution in [0, 0.1) is 0 Å². The summed E-state index contributed by atoms with van der Waals surface area (Å²) in [5, 5.41) is 35.1. The van der Waals surface area contributed by atoms with E-state index in [4.69, 9.17) is 16.6 Å². The van der Waals surface area contributed by atoms with Gasteiger partial charge in [0.2, 0.25) is 17.7 Å². The van der Waals surface area contributed by atoms with E-state index >= 15 is 0 Å². The number of unbranched alkanes of at least 4 members (excludes halogenated alkanes) is 1. The number of aliphatic hydroxyl groups is 1. The Morgan fingerprint density at radius 2 is 1.50 bits per heavy atom. The summed E-state index contributed by atoms with van der Waals surface area (Å²) in [6, 6.07) is -4.97. The Bertz CT molecular complexity index is 694. The number of hydrogen-bond acceptors (Lipinski definition) is 9. The van der Waals surface area contributed by atoms with Crippen LogP contribution in [0.1, 0.15) is 45.4 Å². The molecule has 0 aromatic carbocycles. The van der Waals surface area contributed by atoms with Crippen LogP contribution in [0.5, 0.6) is 0 Å². The largest absolute Gasteiger partial charge is 0.481 e. The molecule has 13 nitrogen and oxygen atoms in total. The van der Waals surface area contributed by atoms with E-state index in [0.29, 0.717) is 31.6 Å². The lowest BCUT2D eigenvalue weighted by Crippen LogP contribution is -2.59. The number of thioether (sulfide) groups is 1. The van der Waals surface area contributed by atoms with Gasteiger partial charge in [-0.1, -0.05) is 0 Å². The van der Waals surface area contributed by atoms with Crippen molar-refractivity contribution < 1.29 is 39.3 Å². The number of amides is 3. The van der Waals surface area contributed by atoms with Gasteiger partial charge in [0.25, 0.3) is 0 Å². The molecule has 196 valence electrons. The van der Waals surface area contributed by atoms with Crippen molar-refractivity contribution >= 4 is 41.4 Å². The Balaban J connectivity index is 5.40. The Hall–Kier alpha value is -2.42. The second-order valence-corrected chi connectivity index (χ2v) is 8.78. The average molecular weight is 508 g/mol. The standard InChI is InChI=1S/C20H37N5O8S/c1-11(26)16(25-17(29)12(22)8-10-34-2)19(31)23-13(5-3-4-9-21)18(30)24-14(20(32)33)6-7-15(27)28/h11-14,16,26H,3-10,21-22H2,1-2H3,(H,23,31)(H,24,30)(H,25,29)(H,27,28)(H,32,33). The van der Waals surface area contributed by atoms with Gasteiger partial charge in [0.1, 0.15) is 18.1 Å². The number of nitrogens with one attached hydrogen (secondary N) is 3. The van der Waals surface area contributed by atoms with Crippen LogP contribution in [0.2, 0.25) is 0 Å². The zero-order valence-corrected chi connectivity index (χ0v) is 20.3. The van der Waals surface area contributed by atoms with Crippen molar-refractivity contribution in [1.29, 1.82) is 0 Å². The molecule has 0 saturated heterocycles. The summed E-state index contributed by atoms with van der Waals surface area (Å²) in [5.41, 5.74) is 11.3. The van der Waals surface area contributed by atoms with Crippen molar-refractivity contribution in [3.63, 3.8) is 0 Å². The summed E-state index contributed by atoms with van der Waals surface area (Å²) in [5.74, 6) is -4.36. The van der Waals surface area contributed by atoms with Gasteiger partial charge in [-0.2, -0.15) is 11.8 Å². The zero-order chi connectivity index (χ0) is 26.3. The Labute approximate surface area is 202 Å². The average Bonchev–Trinajstić information content (AvgIpc) is 2.76. The van der Waals surface area contributed by atoms with Crippen LogP contribution in [0.4, 0.5) is 0 Å². The third kappa shape index (κ3) is 12.7. The predicted octanol–water partition coefficient (Wildman–Crippen LogP) is -2.02. The molecule has 0 spiro atoms. The van der Waals surface area contributed by atoms with Crippen molar-refractivity contribution in [3.05, 3.63) is 0 Å². The summed E-state index contributed by atoms with van der Waals surface area (Å²) in [6.45, 7) is 1.62. The predicted molar refractivity (Wildman–Crippen MR) is 126 cm³/mol. The van der Waals surface area contributed by atoms with Gasteiger partial charge in [0, 0.05) is 6.42 Å². The number of nitrogens with two attached hydrogens (primary N) is 2. The molecule has 5 atom stereocenters. The molecule has 0 heterocycles. The molecular formula is C20H37N5O8S. The number of aliphatic hydroxyl groups excluding tert-OH is 1. The second kappa shape index (κ2) is 17.1. The summed E-state index contributed by atoms with van der Waals surface area (Å²) in [7, 11) is 0. The van der Waals surface area contributed by atoms with Crippen molar-refractivity contribution in [1.82, 2.24) is 16.0 Å². The molecule has 3 amide bonds. The van der Waals surface area contributed by atoms with Crippen LogP contribution in [0.15, 0.2) is 0 Å². The Morgan fingerprint density at radius 1 is 0.882 bits per heavy atom. The Kier molecular flexibility index (Phi) is 15.9. The van der Waals surface area contributed by atoms with E-state index in [9.17, 15) is 34.2 Å². The second-order valence-electron chi connectivity index (χ2n) is 7.79. The van der Waals surface area contributed by atoms with Gasteiger partial charge in [-0.05, 0) is 57.6 Å². The summed E-state index contributed by atoms with van der Waals surface area (Å²) >= 11 is 1.50. The molecule has 14 heteroatoms. The highest BCUT2D eigenvalue weighted by Crippen LogP contribution is 2.06. The fourth-order valence-electron chi connectivity index (χ4n) is 2.86. The summed E-state index contributed by atoms with van der Waals surface area (Å²) < 4.78 is 0. The minimum Gasteiger partial charge on any atom is -0.481 e. The lowest BCUT2D eigenvalue weighted by atomic mass is 10.0. The Morgan fingerprint density at radius 3 is 2.00 bits per heavy atom. The number of hydrogen-bond donors (Lipinski definition) is 8. The van der Waals surface area contributed by atoms with Crippen molar-refractivity contribution in [3.8, 4) is 0 Å². The minimum atomic E-state index is -1.47. The zero-order valence-electron chi connectivity index (χ0n) is 19.5. The molecule has 0 saturated carbocycles. The number of carboxylic acids is 2. The van der Waals surface area contributed by atoms with Crippen molar-refractivity contribution in [2.24, 2.45) is 11.5 Å². The molecule has 5 unspecified atom stereocenters. The third-order valence-electron chi connectivity index (χ3n) is 4.87. The highest BCUT2D eigenvalue weighted by Gasteiger charge is 2.32. The molecule has 0 aromatic rings. The smallest absolute Gasteiger partial charge is 0.326 e.